The molecule has 0 N–H and O–H groups in total. The fourth-order valence-corrected chi connectivity index (χ4v) is 2.30. The van der Waals surface area contributed by atoms with Crippen LogP contribution in [-0.2, 0) is 9.53 Å². The SMILES string of the molecule is CCOC(=O)c1ccc(N2CC(CN=[N+]=[N-])CC2=O)cc1. The summed E-state index contributed by atoms with van der Waals surface area (Å²) in [6.45, 7) is 2.92. The highest BCUT2D eigenvalue weighted by Crippen LogP contribution is 2.25. The minimum Gasteiger partial charge on any atom is -0.462 e. The zero-order valence-corrected chi connectivity index (χ0v) is 11.7. The van der Waals surface area contributed by atoms with Crippen LogP contribution in [0, 0.1) is 5.92 Å². The van der Waals surface area contributed by atoms with Gasteiger partial charge in [0.2, 0.25) is 5.91 Å². The van der Waals surface area contributed by atoms with E-state index in [2.05, 4.69) is 10.0 Å². The van der Waals surface area contributed by atoms with Gasteiger partial charge in [0.1, 0.15) is 0 Å². The van der Waals surface area contributed by atoms with E-state index >= 15 is 0 Å². The van der Waals surface area contributed by atoms with Gasteiger partial charge in [-0.25, -0.2) is 4.79 Å². The third-order valence-corrected chi connectivity index (χ3v) is 3.30. The lowest BCUT2D eigenvalue weighted by molar-refractivity contribution is -0.117. The Hall–Kier alpha value is -2.53. The van der Waals surface area contributed by atoms with Crippen molar-refractivity contribution in [3.05, 3.63) is 40.3 Å². The van der Waals surface area contributed by atoms with E-state index in [9.17, 15) is 9.59 Å². The van der Waals surface area contributed by atoms with E-state index in [1.54, 1.807) is 36.1 Å². The molecule has 2 rings (SSSR count). The van der Waals surface area contributed by atoms with Crippen LogP contribution in [0.15, 0.2) is 29.4 Å². The number of azide groups is 1. The largest absolute Gasteiger partial charge is 0.462 e. The van der Waals surface area contributed by atoms with Gasteiger partial charge in [0, 0.05) is 30.1 Å². The maximum Gasteiger partial charge on any atom is 0.338 e. The lowest BCUT2D eigenvalue weighted by Crippen LogP contribution is -2.24. The summed E-state index contributed by atoms with van der Waals surface area (Å²) in [7, 11) is 0. The summed E-state index contributed by atoms with van der Waals surface area (Å²) >= 11 is 0. The van der Waals surface area contributed by atoms with Gasteiger partial charge < -0.3 is 9.64 Å². The first-order valence-corrected chi connectivity index (χ1v) is 6.74. The normalized spacial score (nSPS) is 17.5. The topological polar surface area (TPSA) is 95.4 Å². The first-order chi connectivity index (χ1) is 10.2. The van der Waals surface area contributed by atoms with Gasteiger partial charge in [0.15, 0.2) is 0 Å². The van der Waals surface area contributed by atoms with Crippen molar-refractivity contribution in [1.82, 2.24) is 0 Å². The van der Waals surface area contributed by atoms with Gasteiger partial charge in [-0.3, -0.25) is 4.79 Å². The Balaban J connectivity index is 2.07. The van der Waals surface area contributed by atoms with Crippen LogP contribution in [0.2, 0.25) is 0 Å². The molecule has 1 aliphatic heterocycles. The molecular weight excluding hydrogens is 272 g/mol. The molecule has 0 bridgehead atoms. The van der Waals surface area contributed by atoms with E-state index in [1.165, 1.54) is 0 Å². The van der Waals surface area contributed by atoms with Crippen molar-refractivity contribution in [2.75, 3.05) is 24.6 Å². The summed E-state index contributed by atoms with van der Waals surface area (Å²) in [6.07, 6.45) is 0.374. The second-order valence-electron chi connectivity index (χ2n) is 4.76. The van der Waals surface area contributed by atoms with Crippen LogP contribution < -0.4 is 4.90 Å². The molecule has 1 aliphatic rings. The number of benzene rings is 1. The molecule has 21 heavy (non-hydrogen) atoms. The average Bonchev–Trinajstić information content (AvgIpc) is 2.86. The molecule has 1 atom stereocenters. The lowest BCUT2D eigenvalue weighted by Gasteiger charge is -2.16. The highest BCUT2D eigenvalue weighted by Gasteiger charge is 2.30. The van der Waals surface area contributed by atoms with Crippen LogP contribution in [0.1, 0.15) is 23.7 Å². The number of rotatable bonds is 5. The van der Waals surface area contributed by atoms with E-state index in [0.29, 0.717) is 31.7 Å². The highest BCUT2D eigenvalue weighted by molar-refractivity contribution is 5.96. The summed E-state index contributed by atoms with van der Waals surface area (Å²) in [5.41, 5.74) is 9.51. The van der Waals surface area contributed by atoms with Crippen molar-refractivity contribution in [2.24, 2.45) is 11.0 Å². The lowest BCUT2D eigenvalue weighted by atomic mass is 10.1. The number of amides is 1. The molecule has 0 aliphatic carbocycles. The van der Waals surface area contributed by atoms with Crippen molar-refractivity contribution >= 4 is 17.6 Å². The third-order valence-electron chi connectivity index (χ3n) is 3.30. The molecule has 0 saturated carbocycles. The fraction of sp³-hybridized carbons (Fsp3) is 0.429. The first kappa shape index (κ1) is 14.9. The molecule has 1 fully saturated rings. The number of anilines is 1. The Kier molecular flexibility index (Phi) is 4.79. The maximum absolute atomic E-state index is 12.0. The zero-order valence-electron chi connectivity index (χ0n) is 11.7. The number of hydrogen-bond acceptors (Lipinski definition) is 4. The standard InChI is InChI=1S/C14H16N4O3/c1-2-21-14(20)11-3-5-12(6-4-11)18-9-10(7-13(18)19)8-16-17-15/h3-6,10H,2,7-9H2,1H3. The monoisotopic (exact) mass is 288 g/mol. The van der Waals surface area contributed by atoms with Crippen LogP contribution in [0.3, 0.4) is 0 Å². The first-order valence-electron chi connectivity index (χ1n) is 6.74. The Labute approximate surface area is 122 Å². The Morgan fingerprint density at radius 2 is 2.19 bits per heavy atom. The number of carbonyl (C=O) groups is 2. The van der Waals surface area contributed by atoms with Crippen molar-refractivity contribution in [2.45, 2.75) is 13.3 Å². The molecule has 1 aromatic carbocycles. The second kappa shape index (κ2) is 6.76. The van der Waals surface area contributed by atoms with Crippen LogP contribution >= 0.6 is 0 Å². The minimum atomic E-state index is -0.377. The summed E-state index contributed by atoms with van der Waals surface area (Å²) in [4.78, 5) is 27.9. The summed E-state index contributed by atoms with van der Waals surface area (Å²) in [6, 6.07) is 6.73. The smallest absolute Gasteiger partial charge is 0.338 e. The Morgan fingerprint density at radius 3 is 2.81 bits per heavy atom. The van der Waals surface area contributed by atoms with Gasteiger partial charge in [-0.05, 0) is 42.6 Å². The zero-order chi connectivity index (χ0) is 15.2. The molecule has 0 spiro atoms. The van der Waals surface area contributed by atoms with Gasteiger partial charge in [-0.2, -0.15) is 0 Å². The van der Waals surface area contributed by atoms with Gasteiger partial charge in [-0.15, -0.1) is 0 Å². The van der Waals surface area contributed by atoms with Crippen LogP contribution in [-0.4, -0.2) is 31.6 Å². The molecule has 7 nitrogen and oxygen atoms in total. The molecule has 110 valence electrons. The van der Waals surface area contributed by atoms with Crippen LogP contribution in [0.4, 0.5) is 5.69 Å². The molecule has 1 saturated heterocycles. The number of nitrogens with zero attached hydrogens (tertiary/aromatic N) is 4. The maximum atomic E-state index is 12.0. The van der Waals surface area contributed by atoms with Gasteiger partial charge in [0.05, 0.1) is 12.2 Å². The molecule has 1 amide bonds. The summed E-state index contributed by atoms with van der Waals surface area (Å²) in [5.74, 6) is -0.340. The second-order valence-corrected chi connectivity index (χ2v) is 4.76. The quantitative estimate of drug-likeness (QED) is 0.360. The molecule has 7 heteroatoms. The van der Waals surface area contributed by atoms with Gasteiger partial charge in [-0.1, -0.05) is 5.11 Å². The van der Waals surface area contributed by atoms with Crippen molar-refractivity contribution in [3.63, 3.8) is 0 Å². The van der Waals surface area contributed by atoms with E-state index in [0.717, 1.165) is 5.69 Å². The summed E-state index contributed by atoms with van der Waals surface area (Å²) < 4.78 is 4.91. The van der Waals surface area contributed by atoms with Crippen molar-refractivity contribution < 1.29 is 14.3 Å². The van der Waals surface area contributed by atoms with Crippen LogP contribution in [0.5, 0.6) is 0 Å². The predicted octanol–water partition coefficient (Wildman–Crippen LogP) is 2.53. The highest BCUT2D eigenvalue weighted by atomic mass is 16.5. The van der Waals surface area contributed by atoms with E-state index < -0.39 is 0 Å². The molecule has 1 heterocycles. The Morgan fingerprint density at radius 1 is 1.48 bits per heavy atom. The van der Waals surface area contributed by atoms with Gasteiger partial charge in [0.25, 0.3) is 0 Å². The number of ether oxygens (including phenoxy) is 1. The van der Waals surface area contributed by atoms with Crippen molar-refractivity contribution in [1.29, 1.82) is 0 Å². The molecule has 0 aromatic heterocycles. The average molecular weight is 288 g/mol. The fourth-order valence-electron chi connectivity index (χ4n) is 2.30. The van der Waals surface area contributed by atoms with E-state index in [4.69, 9.17) is 10.3 Å². The molecule has 1 aromatic rings. The summed E-state index contributed by atoms with van der Waals surface area (Å²) in [5, 5.41) is 3.51. The number of carbonyl (C=O) groups excluding carboxylic acids is 2. The number of hydrogen-bond donors (Lipinski definition) is 0. The van der Waals surface area contributed by atoms with E-state index in [-0.39, 0.29) is 17.8 Å². The third kappa shape index (κ3) is 3.52. The molecule has 1 unspecified atom stereocenters. The Bertz CT molecular complexity index is 578. The minimum absolute atomic E-state index is 0.00276. The molecule has 0 radical (unpaired) electrons. The van der Waals surface area contributed by atoms with Crippen molar-refractivity contribution in [3.8, 4) is 0 Å². The van der Waals surface area contributed by atoms with E-state index in [1.807, 2.05) is 0 Å². The number of esters is 1. The van der Waals surface area contributed by atoms with Gasteiger partial charge >= 0.3 is 5.97 Å². The molecular formula is C14H16N4O3. The predicted molar refractivity (Wildman–Crippen MR) is 76.9 cm³/mol. The van der Waals surface area contributed by atoms with Crippen LogP contribution in [0.25, 0.3) is 10.4 Å².